The van der Waals surface area contributed by atoms with Crippen LogP contribution in [-0.2, 0) is 4.79 Å². The number of hydrogen-bond acceptors (Lipinski definition) is 3. The predicted octanol–water partition coefficient (Wildman–Crippen LogP) is 2.67. The average molecular weight is 339 g/mol. The lowest BCUT2D eigenvalue weighted by molar-refractivity contribution is -0.135. The van der Waals surface area contributed by atoms with Crippen LogP contribution in [0.2, 0.25) is 0 Å². The van der Waals surface area contributed by atoms with Gasteiger partial charge in [-0.1, -0.05) is 36.8 Å². The van der Waals surface area contributed by atoms with E-state index in [0.29, 0.717) is 6.42 Å². The van der Waals surface area contributed by atoms with E-state index in [1.54, 1.807) is 0 Å². The number of benzene rings is 1. The summed E-state index contributed by atoms with van der Waals surface area (Å²) in [6.07, 6.45) is 5.45. The summed E-state index contributed by atoms with van der Waals surface area (Å²) in [7, 11) is 0. The molecule has 1 aromatic carbocycles. The predicted molar refractivity (Wildman–Crippen MR) is 93.6 cm³/mol. The molecule has 0 aromatic heterocycles. The smallest absolute Gasteiger partial charge is 0.239 e. The number of likely N-dealkylation sites (tertiary alicyclic amines) is 1. The molecule has 3 unspecified atom stereocenters. The summed E-state index contributed by atoms with van der Waals surface area (Å²) in [6, 6.07) is 9.92. The topological polar surface area (TPSA) is 52.6 Å². The molecule has 0 radical (unpaired) electrons. The Hall–Kier alpha value is -1.10. The van der Waals surface area contributed by atoms with Crippen LogP contribution in [0.4, 0.5) is 0 Å². The van der Waals surface area contributed by atoms with Crippen LogP contribution >= 0.6 is 12.4 Å². The standard InChI is InChI=1S/C18H26N2O2.ClH/c21-17(14-7-2-1-3-8-14)13-15-9-6-12-20(15)18(22)16-10-4-5-11-19-16;/h1-3,7-8,15-17,19,21H,4-6,9-13H2;1H. The van der Waals surface area contributed by atoms with Gasteiger partial charge in [-0.2, -0.15) is 0 Å². The van der Waals surface area contributed by atoms with Crippen LogP contribution < -0.4 is 5.32 Å². The van der Waals surface area contributed by atoms with Gasteiger partial charge in [0.15, 0.2) is 0 Å². The van der Waals surface area contributed by atoms with Crippen LogP contribution in [0.5, 0.6) is 0 Å². The van der Waals surface area contributed by atoms with Crippen LogP contribution in [0, 0.1) is 0 Å². The molecular weight excluding hydrogens is 312 g/mol. The highest BCUT2D eigenvalue weighted by Crippen LogP contribution is 2.28. The second-order valence-corrected chi connectivity index (χ2v) is 6.49. The fourth-order valence-electron chi connectivity index (χ4n) is 3.70. The van der Waals surface area contributed by atoms with Gasteiger partial charge >= 0.3 is 0 Å². The first kappa shape index (κ1) is 18.2. The SMILES string of the molecule is Cl.O=C(C1CCCCN1)N1CCCC1CC(O)c1ccccc1. The van der Waals surface area contributed by atoms with Crippen LogP contribution in [-0.4, -0.2) is 41.1 Å². The summed E-state index contributed by atoms with van der Waals surface area (Å²) in [5.74, 6) is 0.238. The van der Waals surface area contributed by atoms with E-state index in [1.807, 2.05) is 35.2 Å². The zero-order valence-corrected chi connectivity index (χ0v) is 14.3. The van der Waals surface area contributed by atoms with Crippen LogP contribution in [0.25, 0.3) is 0 Å². The number of nitrogens with zero attached hydrogens (tertiary/aromatic N) is 1. The molecule has 2 fully saturated rings. The summed E-state index contributed by atoms with van der Waals surface area (Å²) >= 11 is 0. The number of carbonyl (C=O) groups excluding carboxylic acids is 1. The largest absolute Gasteiger partial charge is 0.388 e. The second kappa shape index (κ2) is 8.67. The quantitative estimate of drug-likeness (QED) is 0.887. The molecule has 2 N–H and O–H groups in total. The zero-order chi connectivity index (χ0) is 15.4. The Labute approximate surface area is 144 Å². The minimum Gasteiger partial charge on any atom is -0.388 e. The molecule has 2 heterocycles. The molecule has 0 aliphatic carbocycles. The Morgan fingerprint density at radius 2 is 2.00 bits per heavy atom. The number of piperidine rings is 1. The summed E-state index contributed by atoms with van der Waals surface area (Å²) in [4.78, 5) is 14.7. The molecule has 1 amide bonds. The maximum atomic E-state index is 12.7. The molecule has 2 saturated heterocycles. The summed E-state index contributed by atoms with van der Waals surface area (Å²) in [5, 5.41) is 13.8. The first-order valence-electron chi connectivity index (χ1n) is 8.52. The molecule has 0 bridgehead atoms. The van der Waals surface area contributed by atoms with Crippen LogP contribution in [0.1, 0.15) is 50.2 Å². The van der Waals surface area contributed by atoms with Gasteiger partial charge in [-0.3, -0.25) is 4.79 Å². The Morgan fingerprint density at radius 1 is 1.22 bits per heavy atom. The third-order valence-corrected chi connectivity index (χ3v) is 4.95. The number of nitrogens with one attached hydrogen (secondary N) is 1. The molecule has 3 atom stereocenters. The maximum absolute atomic E-state index is 12.7. The van der Waals surface area contributed by atoms with Gasteiger partial charge in [0.05, 0.1) is 12.1 Å². The lowest BCUT2D eigenvalue weighted by Crippen LogP contribution is -2.50. The van der Waals surface area contributed by atoms with Crippen molar-refractivity contribution in [2.75, 3.05) is 13.1 Å². The monoisotopic (exact) mass is 338 g/mol. The molecule has 5 heteroatoms. The van der Waals surface area contributed by atoms with Gasteiger partial charge in [0, 0.05) is 12.6 Å². The van der Waals surface area contributed by atoms with Gasteiger partial charge in [-0.25, -0.2) is 0 Å². The molecule has 23 heavy (non-hydrogen) atoms. The molecular formula is C18H27ClN2O2. The minimum absolute atomic E-state index is 0. The Bertz CT molecular complexity index is 491. The molecule has 2 aliphatic heterocycles. The Balaban J connectivity index is 0.00000192. The fraction of sp³-hybridized carbons (Fsp3) is 0.611. The van der Waals surface area contributed by atoms with Gasteiger partial charge in [0.1, 0.15) is 0 Å². The van der Waals surface area contributed by atoms with Crippen molar-refractivity contribution in [2.24, 2.45) is 0 Å². The molecule has 0 spiro atoms. The highest BCUT2D eigenvalue weighted by Gasteiger charge is 2.34. The van der Waals surface area contributed by atoms with Crippen molar-refractivity contribution in [3.05, 3.63) is 35.9 Å². The van der Waals surface area contributed by atoms with Gasteiger partial charge in [-0.05, 0) is 44.2 Å². The molecule has 2 aliphatic rings. The first-order valence-corrected chi connectivity index (χ1v) is 8.52. The number of aliphatic hydroxyl groups excluding tert-OH is 1. The fourth-order valence-corrected chi connectivity index (χ4v) is 3.70. The van der Waals surface area contributed by atoms with Gasteiger partial charge in [-0.15, -0.1) is 12.4 Å². The lowest BCUT2D eigenvalue weighted by Gasteiger charge is -2.32. The van der Waals surface area contributed by atoms with Crippen LogP contribution in [0.3, 0.4) is 0 Å². The molecule has 3 rings (SSSR count). The number of amides is 1. The van der Waals surface area contributed by atoms with Crippen molar-refractivity contribution in [3.63, 3.8) is 0 Å². The van der Waals surface area contributed by atoms with E-state index in [9.17, 15) is 9.90 Å². The maximum Gasteiger partial charge on any atom is 0.239 e. The van der Waals surface area contributed by atoms with E-state index < -0.39 is 6.10 Å². The van der Waals surface area contributed by atoms with E-state index in [0.717, 1.165) is 44.3 Å². The highest BCUT2D eigenvalue weighted by atomic mass is 35.5. The number of aliphatic hydroxyl groups is 1. The average Bonchev–Trinajstić information content (AvgIpc) is 3.04. The van der Waals surface area contributed by atoms with Crippen molar-refractivity contribution in [3.8, 4) is 0 Å². The Morgan fingerprint density at radius 3 is 2.70 bits per heavy atom. The Kier molecular flexibility index (Phi) is 6.88. The second-order valence-electron chi connectivity index (χ2n) is 6.49. The number of carbonyl (C=O) groups is 1. The van der Waals surface area contributed by atoms with Gasteiger partial charge in [0.2, 0.25) is 5.91 Å². The summed E-state index contributed by atoms with van der Waals surface area (Å²) < 4.78 is 0. The third kappa shape index (κ3) is 4.46. The summed E-state index contributed by atoms with van der Waals surface area (Å²) in [6.45, 7) is 1.78. The number of halogens is 1. The van der Waals surface area contributed by atoms with Crippen LogP contribution in [0.15, 0.2) is 30.3 Å². The third-order valence-electron chi connectivity index (χ3n) is 4.95. The van der Waals surface area contributed by atoms with Gasteiger partial charge < -0.3 is 15.3 Å². The van der Waals surface area contributed by atoms with E-state index in [4.69, 9.17) is 0 Å². The minimum atomic E-state index is -0.487. The highest BCUT2D eigenvalue weighted by molar-refractivity contribution is 5.85. The zero-order valence-electron chi connectivity index (χ0n) is 13.5. The summed E-state index contributed by atoms with van der Waals surface area (Å²) in [5.41, 5.74) is 0.942. The lowest BCUT2D eigenvalue weighted by atomic mass is 9.99. The molecule has 128 valence electrons. The number of rotatable bonds is 4. The van der Waals surface area contributed by atoms with Crippen molar-refractivity contribution in [1.29, 1.82) is 0 Å². The van der Waals surface area contributed by atoms with E-state index in [2.05, 4.69) is 5.32 Å². The normalized spacial score (nSPS) is 25.7. The first-order chi connectivity index (χ1) is 10.8. The molecule has 1 aromatic rings. The van der Waals surface area contributed by atoms with Crippen molar-refractivity contribution < 1.29 is 9.90 Å². The van der Waals surface area contributed by atoms with Crippen molar-refractivity contribution in [1.82, 2.24) is 10.2 Å². The van der Waals surface area contributed by atoms with Gasteiger partial charge in [0.25, 0.3) is 0 Å². The van der Waals surface area contributed by atoms with Crippen molar-refractivity contribution in [2.45, 2.75) is 56.7 Å². The van der Waals surface area contributed by atoms with E-state index >= 15 is 0 Å². The molecule has 4 nitrogen and oxygen atoms in total. The van der Waals surface area contributed by atoms with E-state index in [1.165, 1.54) is 6.42 Å². The van der Waals surface area contributed by atoms with E-state index in [-0.39, 0.29) is 30.4 Å². The molecule has 0 saturated carbocycles. The van der Waals surface area contributed by atoms with Crippen molar-refractivity contribution >= 4 is 18.3 Å². The number of hydrogen-bond donors (Lipinski definition) is 2.